The normalized spacial score (nSPS) is 18.4. The Balaban J connectivity index is 1.43. The van der Waals surface area contributed by atoms with Crippen molar-refractivity contribution in [1.29, 1.82) is 0 Å². The summed E-state index contributed by atoms with van der Waals surface area (Å²) in [5, 5.41) is 2.79. The third-order valence-corrected chi connectivity index (χ3v) is 9.44. The summed E-state index contributed by atoms with van der Waals surface area (Å²) in [7, 11) is 1.57. The number of anilines is 4. The van der Waals surface area contributed by atoms with E-state index in [4.69, 9.17) is 4.74 Å². The number of imide groups is 1. The van der Waals surface area contributed by atoms with Crippen LogP contribution in [0.5, 0.6) is 0 Å². The van der Waals surface area contributed by atoms with Gasteiger partial charge in [0, 0.05) is 29.9 Å². The summed E-state index contributed by atoms with van der Waals surface area (Å²) in [4.78, 5) is 74.0. The van der Waals surface area contributed by atoms with Crippen molar-refractivity contribution >= 4 is 52.6 Å². The summed E-state index contributed by atoms with van der Waals surface area (Å²) in [5.41, 5.74) is 0.722. The van der Waals surface area contributed by atoms with E-state index in [0.717, 1.165) is 62.7 Å². The van der Waals surface area contributed by atoms with Crippen molar-refractivity contribution in [3.63, 3.8) is 0 Å². The molecule has 0 atom stereocenters. The van der Waals surface area contributed by atoms with Gasteiger partial charge in [0.15, 0.2) is 5.78 Å². The second-order valence-corrected chi connectivity index (χ2v) is 14.2. The van der Waals surface area contributed by atoms with Crippen molar-refractivity contribution in [2.24, 2.45) is 5.41 Å². The van der Waals surface area contributed by atoms with Gasteiger partial charge in [0.05, 0.1) is 17.9 Å². The summed E-state index contributed by atoms with van der Waals surface area (Å²) >= 11 is 0. The second kappa shape index (κ2) is 13.8. The Bertz CT molecular complexity index is 1520. The first kappa shape index (κ1) is 33.9. The van der Waals surface area contributed by atoms with Crippen molar-refractivity contribution < 1.29 is 28.7 Å². The number of fused-ring (bicyclic) bond motifs is 1. The quantitative estimate of drug-likeness (QED) is 0.321. The minimum atomic E-state index is -0.704. The van der Waals surface area contributed by atoms with E-state index in [0.29, 0.717) is 22.7 Å². The Morgan fingerprint density at radius 1 is 0.872 bits per heavy atom. The van der Waals surface area contributed by atoms with Crippen molar-refractivity contribution in [2.75, 3.05) is 40.2 Å². The highest BCUT2D eigenvalue weighted by molar-refractivity contribution is 6.16. The fraction of sp³-hybridized carbons (Fsp3) is 0.528. The molecule has 2 aliphatic carbocycles. The Hall–Kier alpha value is -4.41. The number of hydrogen-bond acceptors (Lipinski definition) is 6. The van der Waals surface area contributed by atoms with Gasteiger partial charge in [0.25, 0.3) is 0 Å². The first-order valence-electron chi connectivity index (χ1n) is 16.7. The highest BCUT2D eigenvalue weighted by atomic mass is 16.6. The maximum absolute atomic E-state index is 14.4. The number of urea groups is 2. The number of Topliss-reactive ketones (excluding diaryl/α,β-unsaturated/α-hetero) is 1. The monoisotopic (exact) mass is 645 g/mol. The van der Waals surface area contributed by atoms with Gasteiger partial charge in [-0.15, -0.1) is 0 Å². The largest absolute Gasteiger partial charge is 0.443 e. The van der Waals surface area contributed by atoms with E-state index in [1.807, 2.05) is 19.1 Å². The van der Waals surface area contributed by atoms with Gasteiger partial charge < -0.3 is 10.1 Å². The summed E-state index contributed by atoms with van der Waals surface area (Å²) in [6.07, 6.45) is 7.45. The molecule has 2 fully saturated rings. The van der Waals surface area contributed by atoms with Crippen molar-refractivity contribution in [3.8, 4) is 0 Å². The summed E-state index contributed by atoms with van der Waals surface area (Å²) in [6, 6.07) is 12.5. The number of ketones is 1. The molecule has 1 heterocycles. The summed E-state index contributed by atoms with van der Waals surface area (Å²) in [6.45, 7) is 6.55. The van der Waals surface area contributed by atoms with Crippen LogP contribution in [0.4, 0.5) is 37.1 Å². The highest BCUT2D eigenvalue weighted by Crippen LogP contribution is 2.41. The number of carbonyl (C=O) groups excluding carboxylic acids is 5. The highest BCUT2D eigenvalue weighted by Gasteiger charge is 2.44. The van der Waals surface area contributed by atoms with Gasteiger partial charge in [-0.25, -0.2) is 19.3 Å². The molecule has 11 nitrogen and oxygen atoms in total. The number of hydrogen-bond donors (Lipinski definition) is 1. The first-order chi connectivity index (χ1) is 22.3. The van der Waals surface area contributed by atoms with Gasteiger partial charge >= 0.3 is 18.2 Å². The number of para-hydroxylation sites is 2. The average Bonchev–Trinajstić information content (AvgIpc) is 3.46. The number of benzene rings is 2. The minimum absolute atomic E-state index is 0.0490. The zero-order chi connectivity index (χ0) is 33.9. The molecule has 1 N–H and O–H groups in total. The van der Waals surface area contributed by atoms with Crippen LogP contribution in [0.3, 0.4) is 0 Å². The molecule has 3 aliphatic rings. The first-order valence-corrected chi connectivity index (χ1v) is 16.7. The Kier molecular flexibility index (Phi) is 9.93. The predicted octanol–water partition coefficient (Wildman–Crippen LogP) is 7.35. The van der Waals surface area contributed by atoms with Crippen LogP contribution in [0.1, 0.15) is 85.5 Å². The van der Waals surface area contributed by atoms with Crippen molar-refractivity contribution in [3.05, 3.63) is 48.5 Å². The van der Waals surface area contributed by atoms with Crippen LogP contribution in [-0.4, -0.2) is 66.5 Å². The molecular formula is C36H47N5O6. The molecule has 2 saturated carbocycles. The lowest BCUT2D eigenvalue weighted by Crippen LogP contribution is -2.55. The number of amides is 6. The summed E-state index contributed by atoms with van der Waals surface area (Å²) in [5.74, 6) is -0.639. The minimum Gasteiger partial charge on any atom is -0.443 e. The number of carbonyl (C=O) groups is 5. The fourth-order valence-electron chi connectivity index (χ4n) is 6.78. The van der Waals surface area contributed by atoms with E-state index in [1.165, 1.54) is 9.80 Å². The number of nitrogens with zero attached hydrogens (tertiary/aromatic N) is 4. The lowest BCUT2D eigenvalue weighted by molar-refractivity contribution is -0.126. The Morgan fingerprint density at radius 2 is 1.53 bits per heavy atom. The maximum Gasteiger partial charge on any atom is 0.414 e. The molecule has 11 heteroatoms. The molecule has 0 bridgehead atoms. The number of rotatable bonds is 8. The molecule has 2 aromatic rings. The SMILES string of the molecule is CN(C(=O)OC(C)(C)C)c1cccc(NC(=O)CN2C(=O)N(CC(=O)C3(C)CCCC3)c3ccccc3N(C3CCCCC3)C2=O)c1. The molecular weight excluding hydrogens is 598 g/mol. The van der Waals surface area contributed by atoms with Crippen LogP contribution in [0.15, 0.2) is 48.5 Å². The predicted molar refractivity (Wildman–Crippen MR) is 182 cm³/mol. The fourth-order valence-corrected chi connectivity index (χ4v) is 6.78. The van der Waals surface area contributed by atoms with Gasteiger partial charge in [0.1, 0.15) is 12.1 Å². The summed E-state index contributed by atoms with van der Waals surface area (Å²) < 4.78 is 5.46. The van der Waals surface area contributed by atoms with E-state index in [9.17, 15) is 24.0 Å². The molecule has 47 heavy (non-hydrogen) atoms. The van der Waals surface area contributed by atoms with Crippen LogP contribution < -0.4 is 20.0 Å². The van der Waals surface area contributed by atoms with E-state index < -0.39 is 41.6 Å². The standard InChI is InChI=1S/C36H47N5O6/c1-35(2,3)47-34(46)38(5)27-17-13-14-25(22-27)37-31(43)24-40-32(44)39(23-30(42)36(4)20-11-12-21-36)28-18-9-10-19-29(28)41(33(40)45)26-15-7-6-8-16-26/h9-10,13-14,17-19,22,26H,6-8,11-12,15-16,20-21,23-24H2,1-5H3,(H,37,43). The van der Waals surface area contributed by atoms with E-state index in [-0.39, 0.29) is 18.4 Å². The lowest BCUT2D eigenvalue weighted by Gasteiger charge is -2.35. The van der Waals surface area contributed by atoms with Crippen LogP contribution in [-0.2, 0) is 14.3 Å². The van der Waals surface area contributed by atoms with E-state index in [2.05, 4.69) is 5.32 Å². The molecule has 1 aliphatic heterocycles. The molecule has 0 unspecified atom stereocenters. The molecule has 2 aromatic carbocycles. The van der Waals surface area contributed by atoms with Gasteiger partial charge in [-0.1, -0.05) is 57.2 Å². The topological polar surface area (TPSA) is 120 Å². The molecule has 0 saturated heterocycles. The Morgan fingerprint density at radius 3 is 2.19 bits per heavy atom. The van der Waals surface area contributed by atoms with Gasteiger partial charge in [0.2, 0.25) is 5.91 Å². The number of nitrogens with one attached hydrogen (secondary N) is 1. The van der Waals surface area contributed by atoms with Crippen molar-refractivity contribution in [1.82, 2.24) is 4.90 Å². The van der Waals surface area contributed by atoms with Crippen LogP contribution in [0.2, 0.25) is 0 Å². The molecule has 6 amide bonds. The molecule has 5 rings (SSSR count). The number of ether oxygens (including phenoxy) is 1. The average molecular weight is 646 g/mol. The lowest BCUT2D eigenvalue weighted by atomic mass is 9.83. The third-order valence-electron chi connectivity index (χ3n) is 9.44. The molecule has 0 spiro atoms. The third kappa shape index (κ3) is 7.60. The van der Waals surface area contributed by atoms with Crippen LogP contribution in [0, 0.1) is 5.41 Å². The van der Waals surface area contributed by atoms with Crippen LogP contribution >= 0.6 is 0 Å². The van der Waals surface area contributed by atoms with Crippen LogP contribution in [0.25, 0.3) is 0 Å². The smallest absolute Gasteiger partial charge is 0.414 e. The zero-order valence-corrected chi connectivity index (χ0v) is 28.2. The van der Waals surface area contributed by atoms with Crippen molar-refractivity contribution in [2.45, 2.75) is 97.1 Å². The van der Waals surface area contributed by atoms with Gasteiger partial charge in [-0.2, -0.15) is 0 Å². The van der Waals surface area contributed by atoms with Gasteiger partial charge in [-0.3, -0.25) is 24.3 Å². The van der Waals surface area contributed by atoms with E-state index >= 15 is 0 Å². The zero-order valence-electron chi connectivity index (χ0n) is 28.2. The van der Waals surface area contributed by atoms with Gasteiger partial charge in [-0.05, 0) is 76.8 Å². The Labute approximate surface area is 277 Å². The second-order valence-electron chi connectivity index (χ2n) is 14.2. The molecule has 0 radical (unpaired) electrons. The maximum atomic E-state index is 14.4. The molecule has 0 aromatic heterocycles. The van der Waals surface area contributed by atoms with E-state index in [1.54, 1.807) is 69.1 Å². The molecule has 252 valence electrons.